The molecule has 21 heavy (non-hydrogen) atoms. The molecule has 1 aromatic rings. The van der Waals surface area contributed by atoms with Crippen molar-refractivity contribution in [2.45, 2.75) is 23.4 Å². The monoisotopic (exact) mass is 396 g/mol. The van der Waals surface area contributed by atoms with Gasteiger partial charge in [-0.05, 0) is 35.8 Å². The number of nitrogens with one attached hydrogen (secondary N) is 1. The Balaban J connectivity index is 2.35. The van der Waals surface area contributed by atoms with Crippen LogP contribution in [0.15, 0.2) is 9.63 Å². The van der Waals surface area contributed by atoms with Crippen molar-refractivity contribution in [1.29, 1.82) is 0 Å². The Morgan fingerprint density at radius 3 is 2.43 bits per heavy atom. The third kappa shape index (κ3) is 3.26. The van der Waals surface area contributed by atoms with Crippen LogP contribution in [0.5, 0.6) is 0 Å². The lowest BCUT2D eigenvalue weighted by molar-refractivity contribution is 0.220. The van der Waals surface area contributed by atoms with Gasteiger partial charge in [-0.2, -0.15) is 4.72 Å². The summed E-state index contributed by atoms with van der Waals surface area (Å²) >= 11 is 8.21. The molecule has 0 saturated carbocycles. The molecule has 1 aromatic heterocycles. The van der Waals surface area contributed by atoms with E-state index >= 15 is 0 Å². The number of hydrogen-bond donors (Lipinski definition) is 2. The second-order valence-electron chi connectivity index (χ2n) is 5.16. The normalized spacial score (nSPS) is 19.6. The van der Waals surface area contributed by atoms with E-state index in [-0.39, 0.29) is 14.6 Å². The number of sulfonamides is 1. The molecule has 1 fully saturated rings. The molecule has 11 heteroatoms. The van der Waals surface area contributed by atoms with Gasteiger partial charge in [0.05, 0.1) is 10.5 Å². The molecule has 1 aliphatic rings. The van der Waals surface area contributed by atoms with Crippen molar-refractivity contribution in [2.75, 3.05) is 20.1 Å². The third-order valence-corrected chi connectivity index (χ3v) is 6.45. The molecule has 2 rings (SSSR count). The molecule has 0 aliphatic carbocycles. The highest BCUT2D eigenvalue weighted by Gasteiger charge is 2.41. The number of likely N-dealkylation sites (tertiary alicyclic amines) is 1. The summed E-state index contributed by atoms with van der Waals surface area (Å²) in [6.07, 6.45) is 1.06. The van der Waals surface area contributed by atoms with Crippen LogP contribution in [-0.4, -0.2) is 59.0 Å². The van der Waals surface area contributed by atoms with Crippen molar-refractivity contribution in [2.24, 2.45) is 12.8 Å². The summed E-state index contributed by atoms with van der Waals surface area (Å²) in [5.41, 5.74) is 4.91. The van der Waals surface area contributed by atoms with Crippen molar-refractivity contribution in [3.05, 3.63) is 4.60 Å². The van der Waals surface area contributed by atoms with Crippen LogP contribution in [0.4, 0.5) is 0 Å². The van der Waals surface area contributed by atoms with Crippen molar-refractivity contribution in [3.8, 4) is 0 Å². The van der Waals surface area contributed by atoms with Crippen LogP contribution in [0.25, 0.3) is 0 Å². The van der Waals surface area contributed by atoms with E-state index in [1.165, 1.54) is 11.7 Å². The fraction of sp³-hybridized carbons (Fsp3) is 0.700. The minimum absolute atomic E-state index is 0.0444. The average Bonchev–Trinajstić information content (AvgIpc) is 2.72. The molecule has 0 amide bonds. The Labute approximate surface area is 137 Å². The zero-order valence-corrected chi connectivity index (χ0v) is 14.9. The van der Waals surface area contributed by atoms with Gasteiger partial charge in [-0.1, -0.05) is 17.4 Å². The number of aryl methyl sites for hydroxylation is 1. The van der Waals surface area contributed by atoms with Crippen molar-refractivity contribution >= 4 is 43.2 Å². The van der Waals surface area contributed by atoms with Crippen LogP contribution in [0.2, 0.25) is 0 Å². The Morgan fingerprint density at radius 2 is 2.00 bits per heavy atom. The smallest absolute Gasteiger partial charge is 0.261 e. The van der Waals surface area contributed by atoms with Gasteiger partial charge in [-0.3, -0.25) is 0 Å². The highest BCUT2D eigenvalue weighted by Crippen LogP contribution is 2.26. The number of thiocarbonyl (C=S) groups is 1. The molecule has 0 aromatic carbocycles. The number of aromatic nitrogens is 3. The average molecular weight is 397 g/mol. The zero-order valence-electron chi connectivity index (χ0n) is 11.7. The first kappa shape index (κ1) is 16.7. The predicted molar refractivity (Wildman–Crippen MR) is 85.3 cm³/mol. The van der Waals surface area contributed by atoms with Gasteiger partial charge in [0.15, 0.2) is 4.60 Å². The molecular formula is C10H17BrN6O2S2. The van der Waals surface area contributed by atoms with E-state index in [0.29, 0.717) is 25.9 Å². The lowest BCUT2D eigenvalue weighted by atomic mass is 9.89. The molecule has 0 bridgehead atoms. The lowest BCUT2D eigenvalue weighted by Crippen LogP contribution is -2.61. The topological polar surface area (TPSA) is 106 Å². The summed E-state index contributed by atoms with van der Waals surface area (Å²) < 4.78 is 29.3. The van der Waals surface area contributed by atoms with Crippen LogP contribution in [0, 0.1) is 0 Å². The van der Waals surface area contributed by atoms with Crippen LogP contribution >= 0.6 is 28.1 Å². The number of hydrogen-bond acceptors (Lipinski definition) is 6. The van der Waals surface area contributed by atoms with Crippen LogP contribution in [-0.2, 0) is 17.1 Å². The molecule has 0 unspecified atom stereocenters. The molecular weight excluding hydrogens is 380 g/mol. The first-order chi connectivity index (χ1) is 9.68. The SMILES string of the molecule is CN1CCC(NS(=O)(=O)c2c(Br)nnn2C)(C(N)=S)CC1. The number of rotatable bonds is 4. The van der Waals surface area contributed by atoms with E-state index < -0.39 is 15.6 Å². The van der Waals surface area contributed by atoms with E-state index in [2.05, 4.69) is 35.9 Å². The molecule has 1 saturated heterocycles. The maximum absolute atomic E-state index is 12.6. The Hall–Kier alpha value is -0.620. The van der Waals surface area contributed by atoms with Gasteiger partial charge in [0.2, 0.25) is 5.03 Å². The fourth-order valence-corrected chi connectivity index (χ4v) is 5.17. The van der Waals surface area contributed by atoms with Gasteiger partial charge >= 0.3 is 0 Å². The second-order valence-corrected chi connectivity index (χ2v) is 7.95. The van der Waals surface area contributed by atoms with E-state index in [1.54, 1.807) is 0 Å². The fourth-order valence-electron chi connectivity index (χ4n) is 2.31. The second kappa shape index (κ2) is 5.88. The van der Waals surface area contributed by atoms with Gasteiger partial charge in [-0.25, -0.2) is 13.1 Å². The van der Waals surface area contributed by atoms with Crippen molar-refractivity contribution < 1.29 is 8.42 Å². The Morgan fingerprint density at radius 1 is 1.43 bits per heavy atom. The molecule has 118 valence electrons. The van der Waals surface area contributed by atoms with E-state index in [1.807, 2.05) is 7.05 Å². The molecule has 1 aliphatic heterocycles. The van der Waals surface area contributed by atoms with E-state index in [4.69, 9.17) is 18.0 Å². The van der Waals surface area contributed by atoms with Gasteiger partial charge in [0, 0.05) is 20.1 Å². The third-order valence-electron chi connectivity index (χ3n) is 3.63. The predicted octanol–water partition coefficient (Wildman–Crippen LogP) is -0.394. The minimum Gasteiger partial charge on any atom is -0.392 e. The first-order valence-electron chi connectivity index (χ1n) is 6.25. The molecule has 3 N–H and O–H groups in total. The summed E-state index contributed by atoms with van der Waals surface area (Å²) in [6, 6.07) is 0. The molecule has 2 heterocycles. The molecule has 0 atom stereocenters. The van der Waals surface area contributed by atoms with Crippen LogP contribution in [0.1, 0.15) is 12.8 Å². The zero-order chi connectivity index (χ0) is 15.8. The summed E-state index contributed by atoms with van der Waals surface area (Å²) in [7, 11) is -0.364. The number of nitrogens with two attached hydrogens (primary N) is 1. The Kier molecular flexibility index (Phi) is 4.69. The van der Waals surface area contributed by atoms with Gasteiger partial charge in [-0.15, -0.1) is 5.10 Å². The quantitative estimate of drug-likeness (QED) is 0.667. The number of piperidine rings is 1. The summed E-state index contributed by atoms with van der Waals surface area (Å²) in [4.78, 5) is 2.26. The molecule has 8 nitrogen and oxygen atoms in total. The maximum atomic E-state index is 12.6. The van der Waals surface area contributed by atoms with Crippen LogP contribution < -0.4 is 10.5 Å². The number of halogens is 1. The molecule has 0 radical (unpaired) electrons. The largest absolute Gasteiger partial charge is 0.392 e. The lowest BCUT2D eigenvalue weighted by Gasteiger charge is -2.40. The summed E-state index contributed by atoms with van der Waals surface area (Å²) in [6.45, 7) is 1.43. The first-order valence-corrected chi connectivity index (χ1v) is 8.94. The highest BCUT2D eigenvalue weighted by atomic mass is 79.9. The van der Waals surface area contributed by atoms with Gasteiger partial charge in [0.25, 0.3) is 10.0 Å². The maximum Gasteiger partial charge on any atom is 0.261 e. The standard InChI is InChI=1S/C10H17BrN6O2S2/c1-16-5-3-10(4-6-16,9(12)20)14-21(18,19)8-7(11)13-15-17(8)2/h14H,3-6H2,1-2H3,(H2,12,20). The van der Waals surface area contributed by atoms with Crippen LogP contribution in [0.3, 0.4) is 0 Å². The van der Waals surface area contributed by atoms with Crippen molar-refractivity contribution in [3.63, 3.8) is 0 Å². The summed E-state index contributed by atoms with van der Waals surface area (Å²) in [5.74, 6) is 0. The summed E-state index contributed by atoms with van der Waals surface area (Å²) in [5, 5.41) is 7.33. The Bertz CT molecular complexity index is 631. The van der Waals surface area contributed by atoms with E-state index in [0.717, 1.165) is 0 Å². The highest BCUT2D eigenvalue weighted by molar-refractivity contribution is 9.10. The van der Waals surface area contributed by atoms with Crippen molar-refractivity contribution in [1.82, 2.24) is 24.6 Å². The molecule has 0 spiro atoms. The van der Waals surface area contributed by atoms with Gasteiger partial charge in [0.1, 0.15) is 0 Å². The minimum atomic E-state index is -3.84. The van der Waals surface area contributed by atoms with E-state index in [9.17, 15) is 8.42 Å². The number of nitrogens with zero attached hydrogens (tertiary/aromatic N) is 4. The van der Waals surface area contributed by atoms with Gasteiger partial charge < -0.3 is 10.6 Å².